The maximum atomic E-state index is 12.5. The van der Waals surface area contributed by atoms with Gasteiger partial charge in [0.15, 0.2) is 0 Å². The third-order valence-corrected chi connectivity index (χ3v) is 5.22. The molecule has 0 unspecified atom stereocenters. The summed E-state index contributed by atoms with van der Waals surface area (Å²) in [7, 11) is 1.64. The smallest absolute Gasteiger partial charge is 0.223 e. The fourth-order valence-corrected chi connectivity index (χ4v) is 3.50. The Hall–Kier alpha value is -2.82. The van der Waals surface area contributed by atoms with Gasteiger partial charge in [-0.05, 0) is 36.1 Å². The first-order valence-corrected chi connectivity index (χ1v) is 9.88. The predicted octanol–water partition coefficient (Wildman–Crippen LogP) is 2.93. The lowest BCUT2D eigenvalue weighted by molar-refractivity contribution is -0.139. The Kier molecular flexibility index (Phi) is 7.06. The van der Waals surface area contributed by atoms with Crippen LogP contribution in [-0.4, -0.2) is 54.9 Å². The maximum Gasteiger partial charge on any atom is 0.223 e. The first kappa shape index (κ1) is 19.9. The van der Waals surface area contributed by atoms with Crippen LogP contribution >= 0.6 is 0 Å². The Bertz CT molecular complexity index is 783. The van der Waals surface area contributed by atoms with E-state index >= 15 is 0 Å². The summed E-state index contributed by atoms with van der Waals surface area (Å²) >= 11 is 0. The van der Waals surface area contributed by atoms with Crippen molar-refractivity contribution in [3.8, 4) is 5.75 Å². The lowest BCUT2D eigenvalue weighted by atomic mass is 10.1. The Balaban J connectivity index is 1.40. The van der Waals surface area contributed by atoms with Gasteiger partial charge in [0.2, 0.25) is 11.8 Å². The summed E-state index contributed by atoms with van der Waals surface area (Å²) in [5, 5.41) is 0. The summed E-state index contributed by atoms with van der Waals surface area (Å²) in [5.41, 5.74) is 2.28. The quantitative estimate of drug-likeness (QED) is 0.742. The Morgan fingerprint density at radius 3 is 1.89 bits per heavy atom. The number of carbonyl (C=O) groups excluding carboxylic acids is 2. The van der Waals surface area contributed by atoms with E-state index in [1.165, 1.54) is 5.56 Å². The van der Waals surface area contributed by atoms with E-state index in [0.29, 0.717) is 45.4 Å². The number of hydrogen-bond acceptors (Lipinski definition) is 3. The van der Waals surface area contributed by atoms with Crippen molar-refractivity contribution >= 4 is 11.8 Å². The van der Waals surface area contributed by atoms with Gasteiger partial charge >= 0.3 is 0 Å². The molecule has 0 bridgehead atoms. The van der Waals surface area contributed by atoms with Gasteiger partial charge in [0.05, 0.1) is 7.11 Å². The van der Waals surface area contributed by atoms with Crippen LogP contribution in [0.15, 0.2) is 54.6 Å². The van der Waals surface area contributed by atoms with Crippen LogP contribution in [0.3, 0.4) is 0 Å². The van der Waals surface area contributed by atoms with Gasteiger partial charge in [-0.15, -0.1) is 0 Å². The number of nitrogens with zero attached hydrogens (tertiary/aromatic N) is 2. The molecule has 0 aliphatic carbocycles. The molecule has 148 valence electrons. The van der Waals surface area contributed by atoms with Crippen molar-refractivity contribution in [2.75, 3.05) is 33.3 Å². The maximum absolute atomic E-state index is 12.5. The molecule has 1 fully saturated rings. The van der Waals surface area contributed by atoms with Crippen LogP contribution in [-0.2, 0) is 22.4 Å². The average Bonchev–Trinajstić information content (AvgIpc) is 2.76. The van der Waals surface area contributed by atoms with E-state index in [2.05, 4.69) is 0 Å². The van der Waals surface area contributed by atoms with Crippen molar-refractivity contribution in [2.45, 2.75) is 25.7 Å². The molecular weight excluding hydrogens is 352 g/mol. The zero-order valence-corrected chi connectivity index (χ0v) is 16.5. The van der Waals surface area contributed by atoms with E-state index in [4.69, 9.17) is 4.74 Å². The van der Waals surface area contributed by atoms with Crippen molar-refractivity contribution < 1.29 is 14.3 Å². The van der Waals surface area contributed by atoms with Gasteiger partial charge in [-0.1, -0.05) is 42.5 Å². The molecule has 1 aliphatic heterocycles. The number of aryl methyl sites for hydroxylation is 2. The number of rotatable bonds is 7. The number of piperazine rings is 1. The third kappa shape index (κ3) is 5.59. The van der Waals surface area contributed by atoms with E-state index in [1.54, 1.807) is 7.11 Å². The lowest BCUT2D eigenvalue weighted by Crippen LogP contribution is -2.50. The molecule has 2 amide bonds. The second-order valence-corrected chi connectivity index (χ2v) is 7.10. The Labute approximate surface area is 166 Å². The molecular formula is C23H28N2O3. The average molecular weight is 380 g/mol. The number of amides is 2. The van der Waals surface area contributed by atoms with Crippen LogP contribution in [0.25, 0.3) is 0 Å². The molecule has 1 heterocycles. The number of methoxy groups -OCH3 is 1. The molecule has 2 aromatic carbocycles. The molecule has 3 rings (SSSR count). The molecule has 28 heavy (non-hydrogen) atoms. The number of carbonyl (C=O) groups is 2. The van der Waals surface area contributed by atoms with E-state index in [0.717, 1.165) is 17.7 Å². The highest BCUT2D eigenvalue weighted by Gasteiger charge is 2.23. The second kappa shape index (κ2) is 9.93. The first-order valence-electron chi connectivity index (χ1n) is 9.88. The van der Waals surface area contributed by atoms with Crippen LogP contribution in [0.5, 0.6) is 5.75 Å². The summed E-state index contributed by atoms with van der Waals surface area (Å²) in [6, 6.07) is 17.9. The summed E-state index contributed by atoms with van der Waals surface area (Å²) in [6.07, 6.45) is 2.47. The molecule has 0 radical (unpaired) electrons. The third-order valence-electron chi connectivity index (χ3n) is 5.22. The predicted molar refractivity (Wildman–Crippen MR) is 109 cm³/mol. The Morgan fingerprint density at radius 2 is 1.32 bits per heavy atom. The zero-order chi connectivity index (χ0) is 19.8. The summed E-state index contributed by atoms with van der Waals surface area (Å²) < 4.78 is 5.23. The number of hydrogen-bond donors (Lipinski definition) is 0. The summed E-state index contributed by atoms with van der Waals surface area (Å²) in [5.74, 6) is 1.14. The van der Waals surface area contributed by atoms with Crippen molar-refractivity contribution in [1.82, 2.24) is 9.80 Å². The molecule has 0 N–H and O–H groups in total. The van der Waals surface area contributed by atoms with Gasteiger partial charge in [-0.3, -0.25) is 9.59 Å². The lowest BCUT2D eigenvalue weighted by Gasteiger charge is -2.35. The molecule has 5 heteroatoms. The summed E-state index contributed by atoms with van der Waals surface area (Å²) in [4.78, 5) is 28.7. The fraction of sp³-hybridized carbons (Fsp3) is 0.391. The highest BCUT2D eigenvalue weighted by molar-refractivity contribution is 5.78. The van der Waals surface area contributed by atoms with Crippen LogP contribution in [0.2, 0.25) is 0 Å². The van der Waals surface area contributed by atoms with Crippen LogP contribution in [0, 0.1) is 0 Å². The van der Waals surface area contributed by atoms with E-state index in [9.17, 15) is 9.59 Å². The van der Waals surface area contributed by atoms with E-state index in [-0.39, 0.29) is 11.8 Å². The zero-order valence-electron chi connectivity index (χ0n) is 16.5. The van der Waals surface area contributed by atoms with Crippen LogP contribution < -0.4 is 4.74 Å². The molecule has 0 saturated carbocycles. The molecule has 0 atom stereocenters. The molecule has 1 aliphatic rings. The minimum absolute atomic E-state index is 0.152. The highest BCUT2D eigenvalue weighted by atomic mass is 16.5. The van der Waals surface area contributed by atoms with E-state index < -0.39 is 0 Å². The van der Waals surface area contributed by atoms with Crippen molar-refractivity contribution in [3.05, 3.63) is 65.7 Å². The molecule has 0 spiro atoms. The van der Waals surface area contributed by atoms with Crippen LogP contribution in [0.4, 0.5) is 0 Å². The number of ether oxygens (including phenoxy) is 1. The monoisotopic (exact) mass is 380 g/mol. The summed E-state index contributed by atoms with van der Waals surface area (Å²) in [6.45, 7) is 2.49. The SMILES string of the molecule is COc1cccc(CCC(=O)N2CCN(C(=O)CCc3ccccc3)CC2)c1. The fourth-order valence-electron chi connectivity index (χ4n) is 3.50. The van der Waals surface area contributed by atoms with Gasteiger partial charge in [0, 0.05) is 39.0 Å². The second-order valence-electron chi connectivity index (χ2n) is 7.10. The van der Waals surface area contributed by atoms with Gasteiger partial charge in [-0.2, -0.15) is 0 Å². The van der Waals surface area contributed by atoms with E-state index in [1.807, 2.05) is 64.4 Å². The van der Waals surface area contributed by atoms with Gasteiger partial charge in [0.25, 0.3) is 0 Å². The molecule has 5 nitrogen and oxygen atoms in total. The minimum atomic E-state index is 0.152. The van der Waals surface area contributed by atoms with Gasteiger partial charge in [0.1, 0.15) is 5.75 Å². The van der Waals surface area contributed by atoms with Crippen molar-refractivity contribution in [1.29, 1.82) is 0 Å². The Morgan fingerprint density at radius 1 is 0.786 bits per heavy atom. The van der Waals surface area contributed by atoms with Gasteiger partial charge in [-0.25, -0.2) is 0 Å². The van der Waals surface area contributed by atoms with Crippen molar-refractivity contribution in [3.63, 3.8) is 0 Å². The van der Waals surface area contributed by atoms with Gasteiger partial charge < -0.3 is 14.5 Å². The standard InChI is InChI=1S/C23H28N2O3/c1-28-21-9-5-8-20(18-21)11-13-23(27)25-16-14-24(15-17-25)22(26)12-10-19-6-3-2-4-7-19/h2-9,18H,10-17H2,1H3. The normalized spacial score (nSPS) is 14.0. The van der Waals surface area contributed by atoms with Crippen molar-refractivity contribution in [2.24, 2.45) is 0 Å². The largest absolute Gasteiger partial charge is 0.497 e. The first-order chi connectivity index (χ1) is 13.7. The minimum Gasteiger partial charge on any atom is -0.497 e. The molecule has 1 saturated heterocycles. The van der Waals surface area contributed by atoms with Crippen LogP contribution in [0.1, 0.15) is 24.0 Å². The molecule has 0 aromatic heterocycles. The molecule has 2 aromatic rings. The highest BCUT2D eigenvalue weighted by Crippen LogP contribution is 2.15. The topological polar surface area (TPSA) is 49.9 Å². The number of benzene rings is 2.